The van der Waals surface area contributed by atoms with Crippen molar-refractivity contribution in [3.63, 3.8) is 0 Å². The van der Waals surface area contributed by atoms with Crippen molar-refractivity contribution in [2.45, 2.75) is 104 Å². The molecule has 0 aromatic heterocycles. The maximum absolute atomic E-state index is 9.52. The lowest BCUT2D eigenvalue weighted by atomic mass is 9.93. The zero-order valence-corrected chi connectivity index (χ0v) is 16.9. The number of aliphatic hydroxyl groups excluding tert-OH is 1. The van der Waals surface area contributed by atoms with E-state index < -0.39 is 0 Å². The molecule has 24 heavy (non-hydrogen) atoms. The highest BCUT2D eigenvalue weighted by molar-refractivity contribution is 4.85. The number of hydrogen-bond acceptors (Lipinski definition) is 4. The van der Waals surface area contributed by atoms with E-state index in [1.54, 1.807) is 0 Å². The Morgan fingerprint density at radius 1 is 1.12 bits per heavy atom. The molecule has 2 fully saturated rings. The molecule has 0 amide bonds. The van der Waals surface area contributed by atoms with Crippen LogP contribution in [0.2, 0.25) is 0 Å². The van der Waals surface area contributed by atoms with Gasteiger partial charge in [-0.2, -0.15) is 5.26 Å². The van der Waals surface area contributed by atoms with Crippen molar-refractivity contribution in [3.05, 3.63) is 0 Å². The van der Waals surface area contributed by atoms with E-state index in [9.17, 15) is 5.11 Å². The summed E-state index contributed by atoms with van der Waals surface area (Å²) in [4.78, 5) is 2.49. The minimum Gasteiger partial charge on any atom is -0.393 e. The van der Waals surface area contributed by atoms with Crippen LogP contribution >= 0.6 is 0 Å². The smallest absolute Gasteiger partial charge is 0.0624 e. The summed E-state index contributed by atoms with van der Waals surface area (Å²) < 4.78 is 0. The van der Waals surface area contributed by atoms with Crippen LogP contribution < -0.4 is 5.32 Å². The topological polar surface area (TPSA) is 59.3 Å². The summed E-state index contributed by atoms with van der Waals surface area (Å²) in [7, 11) is 0. The maximum Gasteiger partial charge on any atom is 0.0624 e. The van der Waals surface area contributed by atoms with Gasteiger partial charge >= 0.3 is 0 Å². The number of piperidine rings is 1. The first-order valence-electron chi connectivity index (χ1n) is 9.98. The third kappa shape index (κ3) is 9.01. The third-order valence-electron chi connectivity index (χ3n) is 4.92. The Labute approximate surface area is 150 Å². The number of hydrogen-bond donors (Lipinski definition) is 2. The van der Waals surface area contributed by atoms with E-state index in [1.807, 2.05) is 13.8 Å². The minimum absolute atomic E-state index is 0.0787. The van der Waals surface area contributed by atoms with Crippen LogP contribution in [0.3, 0.4) is 0 Å². The zero-order valence-electron chi connectivity index (χ0n) is 16.9. The van der Waals surface area contributed by atoms with Gasteiger partial charge in [0.2, 0.25) is 0 Å². The second-order valence-corrected chi connectivity index (χ2v) is 7.27. The maximum atomic E-state index is 9.52. The van der Waals surface area contributed by atoms with E-state index in [0.29, 0.717) is 24.0 Å². The average Bonchev–Trinajstić information content (AvgIpc) is 2.77. The SMILES string of the molecule is CC.CC(C)N1C(C)CC(O)CC1C.N#CCC1CCCNCC1. The molecule has 2 saturated heterocycles. The van der Waals surface area contributed by atoms with Crippen LogP contribution in [0.5, 0.6) is 0 Å². The number of aliphatic hydroxyl groups is 1. The summed E-state index contributed by atoms with van der Waals surface area (Å²) in [5.74, 6) is 0.667. The van der Waals surface area contributed by atoms with Gasteiger partial charge < -0.3 is 10.4 Å². The van der Waals surface area contributed by atoms with E-state index in [0.717, 1.165) is 32.4 Å². The Bertz CT molecular complexity index is 320. The van der Waals surface area contributed by atoms with E-state index in [2.05, 4.69) is 44.0 Å². The number of nitriles is 1. The number of rotatable bonds is 2. The summed E-state index contributed by atoms with van der Waals surface area (Å²) in [5.41, 5.74) is 0. The van der Waals surface area contributed by atoms with Crippen molar-refractivity contribution in [1.29, 1.82) is 5.26 Å². The first-order valence-corrected chi connectivity index (χ1v) is 9.98. The predicted molar refractivity (Wildman–Crippen MR) is 103 cm³/mol. The van der Waals surface area contributed by atoms with Crippen molar-refractivity contribution in [2.24, 2.45) is 5.92 Å². The third-order valence-corrected chi connectivity index (χ3v) is 4.92. The molecule has 0 bridgehead atoms. The normalized spacial score (nSPS) is 31.0. The second kappa shape index (κ2) is 13.6. The van der Waals surface area contributed by atoms with Gasteiger partial charge in [0.05, 0.1) is 12.2 Å². The van der Waals surface area contributed by atoms with Gasteiger partial charge in [0.25, 0.3) is 0 Å². The zero-order chi connectivity index (χ0) is 18.5. The Morgan fingerprint density at radius 2 is 1.71 bits per heavy atom. The van der Waals surface area contributed by atoms with Gasteiger partial charge in [-0.1, -0.05) is 13.8 Å². The first-order chi connectivity index (χ1) is 11.5. The molecule has 0 spiro atoms. The van der Waals surface area contributed by atoms with Crippen molar-refractivity contribution in [2.75, 3.05) is 13.1 Å². The first kappa shape index (κ1) is 23.4. The standard InChI is InChI=1S/C10H21NO.C8H14N2.C2H6/c1-7(2)11-8(3)5-10(12)6-9(11)4;9-5-3-8-2-1-6-10-7-4-8;1-2/h7-10,12H,5-6H2,1-4H3;8,10H,1-4,6-7H2;1-2H3. The van der Waals surface area contributed by atoms with Crippen LogP contribution in [0.1, 0.15) is 80.1 Å². The molecule has 4 nitrogen and oxygen atoms in total. The van der Waals surface area contributed by atoms with Gasteiger partial charge in [0, 0.05) is 24.5 Å². The fourth-order valence-corrected chi connectivity index (χ4v) is 4.00. The number of likely N-dealkylation sites (tertiary alicyclic amines) is 1. The molecule has 2 N–H and O–H groups in total. The molecule has 0 aromatic rings. The lowest BCUT2D eigenvalue weighted by Gasteiger charge is -2.43. The van der Waals surface area contributed by atoms with Crippen LogP contribution in [-0.4, -0.2) is 47.3 Å². The quantitative estimate of drug-likeness (QED) is 0.800. The van der Waals surface area contributed by atoms with Gasteiger partial charge in [-0.3, -0.25) is 4.90 Å². The van der Waals surface area contributed by atoms with Gasteiger partial charge in [0.1, 0.15) is 0 Å². The Morgan fingerprint density at radius 3 is 2.21 bits per heavy atom. The van der Waals surface area contributed by atoms with Crippen LogP contribution in [-0.2, 0) is 0 Å². The molecule has 2 rings (SSSR count). The summed E-state index contributed by atoms with van der Waals surface area (Å²) in [6.45, 7) is 15.1. The number of nitrogens with zero attached hydrogens (tertiary/aromatic N) is 2. The fraction of sp³-hybridized carbons (Fsp3) is 0.950. The van der Waals surface area contributed by atoms with Crippen molar-refractivity contribution in [1.82, 2.24) is 10.2 Å². The summed E-state index contributed by atoms with van der Waals surface area (Å²) in [6.07, 6.45) is 6.21. The van der Waals surface area contributed by atoms with Crippen LogP contribution in [0.4, 0.5) is 0 Å². The Balaban J connectivity index is 0.000000405. The van der Waals surface area contributed by atoms with Gasteiger partial charge in [-0.25, -0.2) is 0 Å². The molecular formula is C20H41N3O. The van der Waals surface area contributed by atoms with E-state index in [1.165, 1.54) is 19.3 Å². The number of nitrogens with one attached hydrogen (secondary N) is 1. The highest BCUT2D eigenvalue weighted by Gasteiger charge is 2.30. The van der Waals surface area contributed by atoms with Gasteiger partial charge in [-0.15, -0.1) is 0 Å². The van der Waals surface area contributed by atoms with Crippen molar-refractivity contribution in [3.8, 4) is 6.07 Å². The highest BCUT2D eigenvalue weighted by Crippen LogP contribution is 2.24. The Kier molecular flexibility index (Phi) is 13.3. The molecule has 0 aromatic carbocycles. The fourth-order valence-electron chi connectivity index (χ4n) is 4.00. The molecule has 0 aliphatic carbocycles. The van der Waals surface area contributed by atoms with E-state index in [-0.39, 0.29) is 6.10 Å². The minimum atomic E-state index is -0.0787. The summed E-state index contributed by atoms with van der Waals surface area (Å²) in [5, 5.41) is 21.3. The second-order valence-electron chi connectivity index (χ2n) is 7.27. The van der Waals surface area contributed by atoms with E-state index in [4.69, 9.17) is 5.26 Å². The monoisotopic (exact) mass is 339 g/mol. The summed E-state index contributed by atoms with van der Waals surface area (Å²) >= 11 is 0. The molecule has 2 heterocycles. The average molecular weight is 340 g/mol. The molecule has 0 saturated carbocycles. The van der Waals surface area contributed by atoms with Crippen molar-refractivity contribution >= 4 is 0 Å². The Hall–Kier alpha value is -0.630. The van der Waals surface area contributed by atoms with Crippen LogP contribution in [0, 0.1) is 17.2 Å². The molecule has 142 valence electrons. The molecule has 4 heteroatoms. The predicted octanol–water partition coefficient (Wildman–Crippen LogP) is 3.94. The molecule has 3 unspecified atom stereocenters. The summed E-state index contributed by atoms with van der Waals surface area (Å²) in [6, 6.07) is 3.90. The lowest BCUT2D eigenvalue weighted by Crippen LogP contribution is -2.51. The molecule has 0 radical (unpaired) electrons. The van der Waals surface area contributed by atoms with E-state index >= 15 is 0 Å². The van der Waals surface area contributed by atoms with Crippen molar-refractivity contribution < 1.29 is 5.11 Å². The molecule has 2 aliphatic heterocycles. The molecule has 2 aliphatic rings. The molecular weight excluding hydrogens is 298 g/mol. The lowest BCUT2D eigenvalue weighted by molar-refractivity contribution is -0.00378. The van der Waals surface area contributed by atoms with Gasteiger partial charge in [-0.05, 0) is 78.8 Å². The molecule has 3 atom stereocenters. The van der Waals surface area contributed by atoms with Crippen LogP contribution in [0.25, 0.3) is 0 Å². The largest absolute Gasteiger partial charge is 0.393 e. The highest BCUT2D eigenvalue weighted by atomic mass is 16.3. The van der Waals surface area contributed by atoms with Gasteiger partial charge in [0.15, 0.2) is 0 Å². The van der Waals surface area contributed by atoms with Crippen LogP contribution in [0.15, 0.2) is 0 Å².